The van der Waals surface area contributed by atoms with Crippen molar-refractivity contribution in [1.82, 2.24) is 10.2 Å². The number of primary amides is 1. The standard InChI is InChI=1S/C23H27N3O4/c1-26(9-7-17-13-25-8-10-29-17)23(28)16-11-18-20(15-5-3-2-4-6-15)14-30-21(18)19(12-16)22(24)27/h2-6,11-12,17,20,25H,7-10,13-14H2,1H3,(H2,24,27)/t17-,20?/m1/s1. The molecule has 4 rings (SSSR count). The first-order valence-corrected chi connectivity index (χ1v) is 10.3. The van der Waals surface area contributed by atoms with Gasteiger partial charge in [-0.05, 0) is 24.1 Å². The number of nitrogens with one attached hydrogen (secondary N) is 1. The Labute approximate surface area is 176 Å². The Kier molecular flexibility index (Phi) is 6.01. The monoisotopic (exact) mass is 409 g/mol. The predicted octanol–water partition coefficient (Wildman–Crippen LogP) is 1.76. The van der Waals surface area contributed by atoms with E-state index >= 15 is 0 Å². The molecule has 2 aromatic carbocycles. The van der Waals surface area contributed by atoms with Gasteiger partial charge < -0.3 is 25.4 Å². The highest BCUT2D eigenvalue weighted by Gasteiger charge is 2.31. The van der Waals surface area contributed by atoms with E-state index in [9.17, 15) is 9.59 Å². The summed E-state index contributed by atoms with van der Waals surface area (Å²) in [7, 11) is 1.76. The number of hydrogen-bond acceptors (Lipinski definition) is 5. The summed E-state index contributed by atoms with van der Waals surface area (Å²) in [5.74, 6) is -0.307. The Hall–Kier alpha value is -2.90. The Morgan fingerprint density at radius 3 is 2.73 bits per heavy atom. The summed E-state index contributed by atoms with van der Waals surface area (Å²) in [4.78, 5) is 26.9. The van der Waals surface area contributed by atoms with Gasteiger partial charge in [0, 0.05) is 43.7 Å². The third kappa shape index (κ3) is 4.17. The fraction of sp³-hybridized carbons (Fsp3) is 0.391. The third-order valence-electron chi connectivity index (χ3n) is 5.74. The maximum atomic E-state index is 13.1. The van der Waals surface area contributed by atoms with Gasteiger partial charge in [-0.25, -0.2) is 0 Å². The number of morpholine rings is 1. The van der Waals surface area contributed by atoms with Crippen LogP contribution in [0.25, 0.3) is 0 Å². The summed E-state index contributed by atoms with van der Waals surface area (Å²) >= 11 is 0. The van der Waals surface area contributed by atoms with Crippen LogP contribution in [0.5, 0.6) is 5.75 Å². The largest absolute Gasteiger partial charge is 0.491 e. The molecular formula is C23H27N3O4. The van der Waals surface area contributed by atoms with Gasteiger partial charge in [-0.3, -0.25) is 9.59 Å². The normalized spacial score (nSPS) is 20.3. The molecule has 0 aromatic heterocycles. The molecule has 1 unspecified atom stereocenters. The second kappa shape index (κ2) is 8.85. The minimum absolute atomic E-state index is 0.0425. The number of ether oxygens (including phenoxy) is 2. The van der Waals surface area contributed by atoms with Crippen LogP contribution >= 0.6 is 0 Å². The minimum Gasteiger partial charge on any atom is -0.491 e. The average Bonchev–Trinajstić information content (AvgIpc) is 3.21. The van der Waals surface area contributed by atoms with Gasteiger partial charge in [0.15, 0.2) is 0 Å². The molecular weight excluding hydrogens is 382 g/mol. The molecule has 0 spiro atoms. The lowest BCUT2D eigenvalue weighted by molar-refractivity contribution is 0.0187. The van der Waals surface area contributed by atoms with E-state index in [0.29, 0.717) is 31.1 Å². The molecule has 3 N–H and O–H groups in total. The maximum Gasteiger partial charge on any atom is 0.253 e. The molecule has 2 atom stereocenters. The van der Waals surface area contributed by atoms with Crippen LogP contribution in [-0.4, -0.2) is 62.7 Å². The quantitative estimate of drug-likeness (QED) is 0.758. The van der Waals surface area contributed by atoms with Crippen molar-refractivity contribution < 1.29 is 19.1 Å². The van der Waals surface area contributed by atoms with Crippen LogP contribution < -0.4 is 15.8 Å². The molecule has 7 heteroatoms. The first-order chi connectivity index (χ1) is 14.5. The van der Waals surface area contributed by atoms with Crippen molar-refractivity contribution in [2.24, 2.45) is 5.73 Å². The molecule has 0 bridgehead atoms. The first-order valence-electron chi connectivity index (χ1n) is 10.3. The van der Waals surface area contributed by atoms with Crippen molar-refractivity contribution in [3.8, 4) is 5.75 Å². The molecule has 7 nitrogen and oxygen atoms in total. The SMILES string of the molecule is CN(CC[C@@H]1CNCCO1)C(=O)c1cc(C(N)=O)c2c(c1)C(c1ccccc1)CO2. The molecule has 2 aliphatic heterocycles. The Bertz CT molecular complexity index is 926. The molecule has 158 valence electrons. The molecule has 1 saturated heterocycles. The number of rotatable bonds is 6. The third-order valence-corrected chi connectivity index (χ3v) is 5.74. The smallest absolute Gasteiger partial charge is 0.253 e. The van der Waals surface area contributed by atoms with Crippen LogP contribution in [0.15, 0.2) is 42.5 Å². The summed E-state index contributed by atoms with van der Waals surface area (Å²) in [6.07, 6.45) is 0.851. The van der Waals surface area contributed by atoms with Crippen LogP contribution in [-0.2, 0) is 4.74 Å². The Balaban J connectivity index is 1.58. The number of amides is 2. The van der Waals surface area contributed by atoms with E-state index in [2.05, 4.69) is 5.32 Å². The number of carbonyl (C=O) groups excluding carboxylic acids is 2. The number of nitrogens with zero attached hydrogens (tertiary/aromatic N) is 1. The van der Waals surface area contributed by atoms with Crippen molar-refractivity contribution in [2.45, 2.75) is 18.4 Å². The van der Waals surface area contributed by atoms with E-state index < -0.39 is 5.91 Å². The van der Waals surface area contributed by atoms with E-state index in [-0.39, 0.29) is 23.5 Å². The molecule has 0 aliphatic carbocycles. The molecule has 2 amide bonds. The van der Waals surface area contributed by atoms with Gasteiger partial charge in [0.1, 0.15) is 5.75 Å². The summed E-state index contributed by atoms with van der Waals surface area (Å²) in [5, 5.41) is 3.29. The zero-order valence-electron chi connectivity index (χ0n) is 17.1. The summed E-state index contributed by atoms with van der Waals surface area (Å²) in [6.45, 7) is 3.33. The molecule has 0 radical (unpaired) electrons. The predicted molar refractivity (Wildman–Crippen MR) is 113 cm³/mol. The molecule has 2 aliphatic rings. The van der Waals surface area contributed by atoms with Crippen molar-refractivity contribution in [2.75, 3.05) is 39.9 Å². The Morgan fingerprint density at radius 2 is 2.03 bits per heavy atom. The van der Waals surface area contributed by atoms with Gasteiger partial charge in [-0.1, -0.05) is 30.3 Å². The second-order valence-corrected chi connectivity index (χ2v) is 7.79. The summed E-state index contributed by atoms with van der Waals surface area (Å²) < 4.78 is 11.5. The highest BCUT2D eigenvalue weighted by molar-refractivity contribution is 6.01. The number of fused-ring (bicyclic) bond motifs is 1. The van der Waals surface area contributed by atoms with Gasteiger partial charge in [0.05, 0.1) is 24.9 Å². The first kappa shape index (κ1) is 20.4. The highest BCUT2D eigenvalue weighted by Crippen LogP contribution is 2.41. The van der Waals surface area contributed by atoms with Crippen molar-refractivity contribution in [3.63, 3.8) is 0 Å². The highest BCUT2D eigenvalue weighted by atomic mass is 16.5. The van der Waals surface area contributed by atoms with Gasteiger partial charge >= 0.3 is 0 Å². The van der Waals surface area contributed by atoms with Gasteiger partial charge in [0.25, 0.3) is 11.8 Å². The lowest BCUT2D eigenvalue weighted by atomic mass is 9.90. The lowest BCUT2D eigenvalue weighted by Crippen LogP contribution is -2.40. The van der Waals surface area contributed by atoms with E-state index in [0.717, 1.165) is 30.6 Å². The molecule has 2 aromatic rings. The van der Waals surface area contributed by atoms with Crippen LogP contribution in [0.3, 0.4) is 0 Å². The summed E-state index contributed by atoms with van der Waals surface area (Å²) in [6, 6.07) is 13.3. The van der Waals surface area contributed by atoms with Crippen LogP contribution in [0.1, 0.15) is 44.2 Å². The number of carbonyl (C=O) groups is 2. The number of hydrogen-bond donors (Lipinski definition) is 2. The lowest BCUT2D eigenvalue weighted by Gasteiger charge is -2.26. The fourth-order valence-corrected chi connectivity index (χ4v) is 4.06. The van der Waals surface area contributed by atoms with Gasteiger partial charge in [-0.2, -0.15) is 0 Å². The topological polar surface area (TPSA) is 93.9 Å². The second-order valence-electron chi connectivity index (χ2n) is 7.79. The minimum atomic E-state index is -0.598. The zero-order chi connectivity index (χ0) is 21.1. The molecule has 0 saturated carbocycles. The van der Waals surface area contributed by atoms with Crippen molar-refractivity contribution in [1.29, 1.82) is 0 Å². The van der Waals surface area contributed by atoms with Gasteiger partial charge in [0.2, 0.25) is 0 Å². The number of nitrogens with two attached hydrogens (primary N) is 1. The van der Waals surface area contributed by atoms with Crippen LogP contribution in [0.2, 0.25) is 0 Å². The van der Waals surface area contributed by atoms with Gasteiger partial charge in [-0.15, -0.1) is 0 Å². The molecule has 2 heterocycles. The summed E-state index contributed by atoms with van der Waals surface area (Å²) in [5.41, 5.74) is 8.20. The molecule has 1 fully saturated rings. The molecule has 30 heavy (non-hydrogen) atoms. The van der Waals surface area contributed by atoms with E-state index in [4.69, 9.17) is 15.2 Å². The van der Waals surface area contributed by atoms with E-state index in [1.54, 1.807) is 18.0 Å². The van der Waals surface area contributed by atoms with Crippen molar-refractivity contribution >= 4 is 11.8 Å². The fourth-order valence-electron chi connectivity index (χ4n) is 4.06. The van der Waals surface area contributed by atoms with E-state index in [1.807, 2.05) is 36.4 Å². The van der Waals surface area contributed by atoms with Crippen LogP contribution in [0.4, 0.5) is 0 Å². The Morgan fingerprint density at radius 1 is 1.23 bits per heavy atom. The number of benzene rings is 2. The zero-order valence-corrected chi connectivity index (χ0v) is 17.1. The van der Waals surface area contributed by atoms with Crippen molar-refractivity contribution in [3.05, 3.63) is 64.7 Å². The maximum absolute atomic E-state index is 13.1. The average molecular weight is 409 g/mol. The van der Waals surface area contributed by atoms with E-state index in [1.165, 1.54) is 0 Å². The van der Waals surface area contributed by atoms with Crippen LogP contribution in [0, 0.1) is 0 Å².